The van der Waals surface area contributed by atoms with E-state index in [0.717, 1.165) is 5.75 Å². The summed E-state index contributed by atoms with van der Waals surface area (Å²) in [6.07, 6.45) is 1.26. The third kappa shape index (κ3) is 3.72. The molecule has 1 rings (SSSR count). The largest absolute Gasteiger partial charge is 0.312 e. The van der Waals surface area contributed by atoms with Gasteiger partial charge >= 0.3 is 0 Å². The van der Waals surface area contributed by atoms with E-state index in [2.05, 4.69) is 42.6 Å². The van der Waals surface area contributed by atoms with Crippen molar-refractivity contribution in [1.29, 1.82) is 0 Å². The minimum atomic E-state index is 0.493. The molecule has 0 saturated heterocycles. The summed E-state index contributed by atoms with van der Waals surface area (Å²) in [5.74, 6) is 2.42. The van der Waals surface area contributed by atoms with Crippen LogP contribution in [0.15, 0.2) is 30.3 Å². The highest BCUT2D eigenvalue weighted by Gasteiger charge is 2.07. The number of nitrogens with one attached hydrogen (secondary N) is 1. The lowest BCUT2D eigenvalue weighted by Gasteiger charge is -2.15. The van der Waals surface area contributed by atoms with E-state index in [9.17, 15) is 0 Å². The first kappa shape index (κ1) is 11.6. The van der Waals surface area contributed by atoms with E-state index < -0.39 is 0 Å². The molecule has 0 radical (unpaired) electrons. The van der Waals surface area contributed by atoms with E-state index in [0.29, 0.717) is 6.04 Å². The van der Waals surface area contributed by atoms with Crippen LogP contribution in [-0.2, 0) is 0 Å². The average Bonchev–Trinajstić information content (AvgIpc) is 2.26. The molecule has 0 bridgehead atoms. The van der Waals surface area contributed by atoms with Crippen LogP contribution in [0.25, 0.3) is 0 Å². The molecule has 14 heavy (non-hydrogen) atoms. The smallest absolute Gasteiger partial charge is 0.0409 e. The second kappa shape index (κ2) is 6.91. The fraction of sp³-hybridized carbons (Fsp3) is 0.500. The Hall–Kier alpha value is -0.470. The van der Waals surface area contributed by atoms with Gasteiger partial charge in [0, 0.05) is 11.8 Å². The molecule has 0 spiro atoms. The van der Waals surface area contributed by atoms with Crippen LogP contribution >= 0.6 is 11.8 Å². The Kier molecular flexibility index (Phi) is 5.72. The molecule has 1 aromatic carbocycles. The van der Waals surface area contributed by atoms with Gasteiger partial charge in [-0.15, -0.1) is 0 Å². The standard InChI is InChI=1S/C12H19NS/c1-3-9-14-10-12(13-2)11-7-5-4-6-8-11/h4-8,12-13H,3,9-10H2,1-2H3. The molecule has 0 fully saturated rings. The van der Waals surface area contributed by atoms with Gasteiger partial charge in [-0.3, -0.25) is 0 Å². The van der Waals surface area contributed by atoms with Crippen molar-refractivity contribution in [2.24, 2.45) is 0 Å². The minimum Gasteiger partial charge on any atom is -0.312 e. The zero-order chi connectivity index (χ0) is 10.2. The molecule has 0 amide bonds. The average molecular weight is 209 g/mol. The third-order valence-corrected chi connectivity index (χ3v) is 3.45. The van der Waals surface area contributed by atoms with Crippen LogP contribution in [-0.4, -0.2) is 18.6 Å². The molecule has 0 aliphatic heterocycles. The highest BCUT2D eigenvalue weighted by molar-refractivity contribution is 7.99. The first-order valence-electron chi connectivity index (χ1n) is 5.18. The van der Waals surface area contributed by atoms with Crippen molar-refractivity contribution in [2.75, 3.05) is 18.6 Å². The maximum Gasteiger partial charge on any atom is 0.0409 e. The normalized spacial score (nSPS) is 12.7. The van der Waals surface area contributed by atoms with Crippen LogP contribution < -0.4 is 5.32 Å². The van der Waals surface area contributed by atoms with Crippen LogP contribution in [0.1, 0.15) is 24.9 Å². The molecule has 0 aliphatic rings. The summed E-state index contributed by atoms with van der Waals surface area (Å²) in [4.78, 5) is 0. The highest BCUT2D eigenvalue weighted by atomic mass is 32.2. The van der Waals surface area contributed by atoms with E-state index in [-0.39, 0.29) is 0 Å². The number of hydrogen-bond acceptors (Lipinski definition) is 2. The maximum absolute atomic E-state index is 3.36. The summed E-state index contributed by atoms with van der Waals surface area (Å²) in [6, 6.07) is 11.1. The Morgan fingerprint density at radius 3 is 2.57 bits per heavy atom. The van der Waals surface area contributed by atoms with E-state index in [4.69, 9.17) is 0 Å². The summed E-state index contributed by atoms with van der Waals surface area (Å²) in [6.45, 7) is 2.23. The molecule has 1 atom stereocenters. The summed E-state index contributed by atoms with van der Waals surface area (Å²) in [5.41, 5.74) is 1.39. The summed E-state index contributed by atoms with van der Waals surface area (Å²) in [7, 11) is 2.03. The molecular formula is C12H19NS. The lowest BCUT2D eigenvalue weighted by atomic mass is 10.1. The van der Waals surface area contributed by atoms with Crippen molar-refractivity contribution < 1.29 is 0 Å². The van der Waals surface area contributed by atoms with E-state index in [1.54, 1.807) is 0 Å². The Morgan fingerprint density at radius 1 is 1.29 bits per heavy atom. The SMILES string of the molecule is CCCSCC(NC)c1ccccc1. The van der Waals surface area contributed by atoms with Crippen molar-refractivity contribution in [2.45, 2.75) is 19.4 Å². The second-order valence-corrected chi connectivity index (χ2v) is 4.48. The van der Waals surface area contributed by atoms with E-state index in [1.165, 1.54) is 17.7 Å². The quantitative estimate of drug-likeness (QED) is 0.723. The van der Waals surface area contributed by atoms with Crippen molar-refractivity contribution in [3.8, 4) is 0 Å². The maximum atomic E-state index is 3.36. The van der Waals surface area contributed by atoms with Crippen LogP contribution in [0.3, 0.4) is 0 Å². The number of benzene rings is 1. The zero-order valence-corrected chi connectivity index (χ0v) is 9.81. The fourth-order valence-electron chi connectivity index (χ4n) is 1.38. The molecule has 0 saturated carbocycles. The van der Waals surface area contributed by atoms with E-state index in [1.807, 2.05) is 18.8 Å². The zero-order valence-electron chi connectivity index (χ0n) is 8.99. The van der Waals surface area contributed by atoms with Gasteiger partial charge < -0.3 is 5.32 Å². The minimum absolute atomic E-state index is 0.493. The topological polar surface area (TPSA) is 12.0 Å². The Morgan fingerprint density at radius 2 is 2.00 bits per heavy atom. The summed E-state index contributed by atoms with van der Waals surface area (Å²) >= 11 is 2.02. The highest BCUT2D eigenvalue weighted by Crippen LogP contribution is 2.17. The van der Waals surface area contributed by atoms with Gasteiger partial charge in [-0.25, -0.2) is 0 Å². The molecule has 0 heterocycles. The van der Waals surface area contributed by atoms with Gasteiger partial charge in [0.1, 0.15) is 0 Å². The number of hydrogen-bond donors (Lipinski definition) is 1. The Bertz CT molecular complexity index is 235. The number of rotatable bonds is 6. The molecule has 0 aromatic heterocycles. The lowest BCUT2D eigenvalue weighted by Crippen LogP contribution is -2.18. The van der Waals surface area contributed by atoms with Gasteiger partial charge in [0.25, 0.3) is 0 Å². The number of thioether (sulfide) groups is 1. The van der Waals surface area contributed by atoms with Gasteiger partial charge in [-0.1, -0.05) is 37.3 Å². The van der Waals surface area contributed by atoms with Crippen LogP contribution in [0.2, 0.25) is 0 Å². The Labute approximate surface area is 91.3 Å². The predicted molar refractivity (Wildman–Crippen MR) is 65.9 cm³/mol. The van der Waals surface area contributed by atoms with Gasteiger partial charge in [0.15, 0.2) is 0 Å². The van der Waals surface area contributed by atoms with Crippen molar-refractivity contribution in [3.05, 3.63) is 35.9 Å². The summed E-state index contributed by atoms with van der Waals surface area (Å²) in [5, 5.41) is 3.36. The van der Waals surface area contributed by atoms with Crippen molar-refractivity contribution >= 4 is 11.8 Å². The summed E-state index contributed by atoms with van der Waals surface area (Å²) < 4.78 is 0. The van der Waals surface area contributed by atoms with Crippen molar-refractivity contribution in [3.63, 3.8) is 0 Å². The van der Waals surface area contributed by atoms with Crippen LogP contribution in [0.5, 0.6) is 0 Å². The van der Waals surface area contributed by atoms with Gasteiger partial charge in [0.05, 0.1) is 0 Å². The third-order valence-electron chi connectivity index (χ3n) is 2.18. The molecular weight excluding hydrogens is 190 g/mol. The van der Waals surface area contributed by atoms with Crippen LogP contribution in [0, 0.1) is 0 Å². The first-order chi connectivity index (χ1) is 6.88. The second-order valence-electron chi connectivity index (χ2n) is 3.33. The monoisotopic (exact) mass is 209 g/mol. The fourth-order valence-corrected chi connectivity index (χ4v) is 2.43. The predicted octanol–water partition coefficient (Wildman–Crippen LogP) is 3.09. The van der Waals surface area contributed by atoms with E-state index >= 15 is 0 Å². The molecule has 0 aliphatic carbocycles. The molecule has 78 valence electrons. The van der Waals surface area contributed by atoms with Crippen molar-refractivity contribution in [1.82, 2.24) is 5.32 Å². The van der Waals surface area contributed by atoms with Gasteiger partial charge in [0.2, 0.25) is 0 Å². The molecule has 1 N–H and O–H groups in total. The first-order valence-corrected chi connectivity index (χ1v) is 6.34. The molecule has 1 aromatic rings. The van der Waals surface area contributed by atoms with Gasteiger partial charge in [-0.05, 0) is 24.8 Å². The molecule has 2 heteroatoms. The molecule has 1 unspecified atom stereocenters. The lowest BCUT2D eigenvalue weighted by molar-refractivity contribution is 0.662. The Balaban J connectivity index is 2.46. The molecule has 1 nitrogen and oxygen atoms in total. The van der Waals surface area contributed by atoms with Crippen LogP contribution in [0.4, 0.5) is 0 Å². The van der Waals surface area contributed by atoms with Gasteiger partial charge in [-0.2, -0.15) is 11.8 Å².